The van der Waals surface area contributed by atoms with Crippen molar-refractivity contribution in [3.8, 4) is 0 Å². The first-order valence-electron chi connectivity index (χ1n) is 9.13. The lowest BCUT2D eigenvalue weighted by Gasteiger charge is -2.21. The van der Waals surface area contributed by atoms with E-state index in [0.29, 0.717) is 11.3 Å². The highest BCUT2D eigenvalue weighted by Crippen LogP contribution is 2.18. The largest absolute Gasteiger partial charge is 0.355 e. The molecular formula is C21H28N4O. The van der Waals surface area contributed by atoms with Gasteiger partial charge in [-0.15, -0.1) is 0 Å². The van der Waals surface area contributed by atoms with Crippen LogP contribution < -0.4 is 10.2 Å². The van der Waals surface area contributed by atoms with Crippen molar-refractivity contribution in [1.29, 1.82) is 0 Å². The van der Waals surface area contributed by atoms with Gasteiger partial charge >= 0.3 is 0 Å². The molecule has 0 unspecified atom stereocenters. The standard InChI is InChI=1S/C21H26N4O.H2/c1-15(2)12-17-13-18(16(3)23-14-17)21(26)19-6-4-7-20(24-19)25-10-5-8-22-9-11-25;/h4,6-7,12-14,22H,5,8-11H2,1-3H3;1H. The number of nitrogens with zero attached hydrogens (tertiary/aromatic N) is 3. The quantitative estimate of drug-likeness (QED) is 0.854. The van der Waals surface area contributed by atoms with Crippen molar-refractivity contribution in [2.24, 2.45) is 0 Å². The summed E-state index contributed by atoms with van der Waals surface area (Å²) in [7, 11) is 0. The molecule has 0 aromatic carbocycles. The molecule has 0 radical (unpaired) electrons. The number of rotatable bonds is 4. The molecule has 2 aromatic heterocycles. The minimum Gasteiger partial charge on any atom is -0.355 e. The Hall–Kier alpha value is -2.53. The number of aryl methyl sites for hydroxylation is 1. The van der Waals surface area contributed by atoms with E-state index in [2.05, 4.69) is 20.2 Å². The van der Waals surface area contributed by atoms with Crippen LogP contribution in [0.3, 0.4) is 0 Å². The molecule has 0 spiro atoms. The lowest BCUT2D eigenvalue weighted by Crippen LogP contribution is -2.29. The van der Waals surface area contributed by atoms with Crippen LogP contribution in [-0.2, 0) is 0 Å². The number of anilines is 1. The first-order chi connectivity index (χ1) is 12.5. The molecule has 0 atom stereocenters. The van der Waals surface area contributed by atoms with Gasteiger partial charge in [0.1, 0.15) is 11.5 Å². The van der Waals surface area contributed by atoms with Gasteiger partial charge in [0.25, 0.3) is 0 Å². The number of allylic oxidation sites excluding steroid dienone is 1. The zero-order valence-electron chi connectivity index (χ0n) is 15.7. The minimum absolute atomic E-state index is 0. The van der Waals surface area contributed by atoms with Gasteiger partial charge in [0, 0.05) is 38.5 Å². The Morgan fingerprint density at radius 2 is 2.12 bits per heavy atom. The second-order valence-corrected chi connectivity index (χ2v) is 6.92. The molecule has 0 bridgehead atoms. The van der Waals surface area contributed by atoms with E-state index in [1.54, 1.807) is 12.3 Å². The number of hydrogen-bond donors (Lipinski definition) is 1. The third-order valence-electron chi connectivity index (χ3n) is 4.44. The van der Waals surface area contributed by atoms with Crippen LogP contribution in [0.15, 0.2) is 36.0 Å². The molecule has 1 saturated heterocycles. The maximum atomic E-state index is 13.1. The molecule has 5 heteroatoms. The van der Waals surface area contributed by atoms with Crippen LogP contribution in [0.4, 0.5) is 5.82 Å². The number of carbonyl (C=O) groups excluding carboxylic acids is 1. The number of hydrogen-bond acceptors (Lipinski definition) is 5. The van der Waals surface area contributed by atoms with Crippen LogP contribution in [0.25, 0.3) is 6.08 Å². The normalized spacial score (nSPS) is 14.7. The molecule has 3 heterocycles. The Balaban J connectivity index is 0.00000261. The second-order valence-electron chi connectivity index (χ2n) is 6.92. The van der Waals surface area contributed by atoms with E-state index in [1.165, 1.54) is 5.57 Å². The molecule has 1 aliphatic rings. The van der Waals surface area contributed by atoms with Gasteiger partial charge in [-0.1, -0.05) is 17.7 Å². The van der Waals surface area contributed by atoms with Crippen LogP contribution in [0.5, 0.6) is 0 Å². The summed E-state index contributed by atoms with van der Waals surface area (Å²) in [6.07, 6.45) is 4.90. The van der Waals surface area contributed by atoms with Crippen molar-refractivity contribution in [1.82, 2.24) is 15.3 Å². The first kappa shape index (κ1) is 18.3. The first-order valence-corrected chi connectivity index (χ1v) is 9.13. The Labute approximate surface area is 156 Å². The fourth-order valence-corrected chi connectivity index (χ4v) is 3.13. The molecule has 0 aliphatic carbocycles. The van der Waals surface area contributed by atoms with Crippen molar-refractivity contribution in [3.05, 3.63) is 58.6 Å². The molecule has 26 heavy (non-hydrogen) atoms. The van der Waals surface area contributed by atoms with Crippen molar-refractivity contribution >= 4 is 17.7 Å². The van der Waals surface area contributed by atoms with E-state index in [0.717, 1.165) is 49.7 Å². The molecular weight excluding hydrogens is 324 g/mol. The van der Waals surface area contributed by atoms with Gasteiger partial charge in [-0.25, -0.2) is 4.98 Å². The van der Waals surface area contributed by atoms with Gasteiger partial charge in [0.05, 0.1) is 0 Å². The predicted octanol–water partition coefficient (Wildman–Crippen LogP) is 3.48. The molecule has 0 amide bonds. The molecule has 1 aliphatic heterocycles. The zero-order chi connectivity index (χ0) is 18.5. The summed E-state index contributed by atoms with van der Waals surface area (Å²) in [4.78, 5) is 24.3. The summed E-state index contributed by atoms with van der Waals surface area (Å²) in [6.45, 7) is 9.75. The van der Waals surface area contributed by atoms with Crippen LogP contribution >= 0.6 is 0 Å². The lowest BCUT2D eigenvalue weighted by molar-refractivity contribution is 0.103. The number of aromatic nitrogens is 2. The average Bonchev–Trinajstić information content (AvgIpc) is 2.92. The van der Waals surface area contributed by atoms with E-state index in [-0.39, 0.29) is 7.21 Å². The van der Waals surface area contributed by atoms with Crippen LogP contribution in [0, 0.1) is 6.92 Å². The fraction of sp³-hybridized carbons (Fsp3) is 0.381. The van der Waals surface area contributed by atoms with Gasteiger partial charge in [0.2, 0.25) is 5.78 Å². The topological polar surface area (TPSA) is 58.1 Å². The molecule has 3 rings (SSSR count). The highest BCUT2D eigenvalue weighted by molar-refractivity contribution is 6.08. The molecule has 138 valence electrons. The summed E-state index contributed by atoms with van der Waals surface area (Å²) in [5.74, 6) is 0.791. The van der Waals surface area contributed by atoms with E-state index in [9.17, 15) is 4.79 Å². The van der Waals surface area contributed by atoms with Crippen molar-refractivity contribution in [3.63, 3.8) is 0 Å². The SMILES string of the molecule is CC(C)=Cc1cnc(C)c(C(=O)c2cccc(N3CCCNCC3)n2)c1.[HH]. The minimum atomic E-state index is -0.0752. The Kier molecular flexibility index (Phi) is 5.78. The molecule has 5 nitrogen and oxygen atoms in total. The number of carbonyl (C=O) groups is 1. The highest BCUT2D eigenvalue weighted by Gasteiger charge is 2.17. The van der Waals surface area contributed by atoms with E-state index in [4.69, 9.17) is 0 Å². The van der Waals surface area contributed by atoms with Gasteiger partial charge < -0.3 is 10.2 Å². The summed E-state index contributed by atoms with van der Waals surface area (Å²) in [5, 5.41) is 3.39. The molecule has 1 fully saturated rings. The smallest absolute Gasteiger partial charge is 0.213 e. The molecule has 1 N–H and O–H groups in total. The monoisotopic (exact) mass is 352 g/mol. The third-order valence-corrected chi connectivity index (χ3v) is 4.44. The second kappa shape index (κ2) is 8.23. The summed E-state index contributed by atoms with van der Waals surface area (Å²) in [5.41, 5.74) is 3.92. The summed E-state index contributed by atoms with van der Waals surface area (Å²) in [6, 6.07) is 7.58. The maximum absolute atomic E-state index is 13.1. The lowest BCUT2D eigenvalue weighted by atomic mass is 10.0. The number of pyridine rings is 2. The third kappa shape index (κ3) is 4.35. The Bertz CT molecular complexity index is 823. The van der Waals surface area contributed by atoms with Gasteiger partial charge in [-0.05, 0) is 57.5 Å². The average molecular weight is 352 g/mol. The fourth-order valence-electron chi connectivity index (χ4n) is 3.13. The van der Waals surface area contributed by atoms with Gasteiger partial charge in [-0.3, -0.25) is 9.78 Å². The Morgan fingerprint density at radius 3 is 2.92 bits per heavy atom. The predicted molar refractivity (Wildman–Crippen MR) is 108 cm³/mol. The van der Waals surface area contributed by atoms with Crippen LogP contribution in [-0.4, -0.2) is 41.9 Å². The number of nitrogens with one attached hydrogen (secondary N) is 1. The van der Waals surface area contributed by atoms with Crippen molar-refractivity contribution in [2.45, 2.75) is 27.2 Å². The number of ketones is 1. The summed E-state index contributed by atoms with van der Waals surface area (Å²) < 4.78 is 0. The summed E-state index contributed by atoms with van der Waals surface area (Å²) >= 11 is 0. The maximum Gasteiger partial charge on any atom is 0.213 e. The van der Waals surface area contributed by atoms with E-state index < -0.39 is 0 Å². The Morgan fingerprint density at radius 1 is 1.27 bits per heavy atom. The van der Waals surface area contributed by atoms with Crippen molar-refractivity contribution in [2.75, 3.05) is 31.1 Å². The van der Waals surface area contributed by atoms with Crippen LogP contribution in [0.1, 0.15) is 49.0 Å². The van der Waals surface area contributed by atoms with Gasteiger partial charge in [0.15, 0.2) is 0 Å². The molecule has 2 aromatic rings. The van der Waals surface area contributed by atoms with E-state index in [1.807, 2.05) is 45.0 Å². The molecule has 0 saturated carbocycles. The van der Waals surface area contributed by atoms with Crippen LogP contribution in [0.2, 0.25) is 0 Å². The van der Waals surface area contributed by atoms with E-state index >= 15 is 0 Å². The van der Waals surface area contributed by atoms with Gasteiger partial charge in [-0.2, -0.15) is 0 Å². The van der Waals surface area contributed by atoms with Crippen molar-refractivity contribution < 1.29 is 6.22 Å². The zero-order valence-corrected chi connectivity index (χ0v) is 15.7. The highest BCUT2D eigenvalue weighted by atomic mass is 16.1.